The second-order valence-corrected chi connectivity index (χ2v) is 5.14. The maximum Gasteiger partial charge on any atom is 0.274 e. The van der Waals surface area contributed by atoms with Crippen LogP contribution in [0, 0.1) is 5.92 Å². The van der Waals surface area contributed by atoms with Crippen molar-refractivity contribution in [2.24, 2.45) is 5.92 Å². The third-order valence-electron chi connectivity index (χ3n) is 3.82. The maximum absolute atomic E-state index is 12.3. The van der Waals surface area contributed by atoms with Gasteiger partial charge in [-0.2, -0.15) is 5.10 Å². The van der Waals surface area contributed by atoms with E-state index in [2.05, 4.69) is 17.1 Å². The van der Waals surface area contributed by atoms with Crippen molar-refractivity contribution < 1.29 is 9.21 Å². The molecule has 3 rings (SSSR count). The van der Waals surface area contributed by atoms with Crippen molar-refractivity contribution in [1.82, 2.24) is 15.1 Å². The Bertz CT molecular complexity index is 569. The first kappa shape index (κ1) is 12.0. The van der Waals surface area contributed by atoms with Crippen molar-refractivity contribution in [3.05, 3.63) is 30.2 Å². The Balaban J connectivity index is 1.76. The largest absolute Gasteiger partial charge is 0.463 e. The first-order chi connectivity index (χ1) is 9.16. The van der Waals surface area contributed by atoms with Crippen molar-refractivity contribution in [3.8, 4) is 11.5 Å². The number of hydrogen-bond donors (Lipinski definition) is 1. The number of nitrogens with one attached hydrogen (secondary N) is 1. The van der Waals surface area contributed by atoms with Gasteiger partial charge in [0.2, 0.25) is 0 Å². The number of carbonyl (C=O) groups excluding carboxylic acids is 1. The minimum absolute atomic E-state index is 0.0477. The van der Waals surface area contributed by atoms with E-state index >= 15 is 0 Å². The molecule has 100 valence electrons. The van der Waals surface area contributed by atoms with E-state index in [1.807, 2.05) is 13.1 Å². The molecule has 0 bridgehead atoms. The fourth-order valence-corrected chi connectivity index (χ4v) is 2.25. The van der Waals surface area contributed by atoms with Gasteiger partial charge in [0.05, 0.1) is 6.26 Å². The van der Waals surface area contributed by atoms with Crippen molar-refractivity contribution in [3.63, 3.8) is 0 Å². The number of hydrogen-bond acceptors (Lipinski definition) is 3. The van der Waals surface area contributed by atoms with Gasteiger partial charge in [0, 0.05) is 19.2 Å². The van der Waals surface area contributed by atoms with E-state index < -0.39 is 0 Å². The molecule has 2 aromatic rings. The summed E-state index contributed by atoms with van der Waals surface area (Å²) < 4.78 is 5.27. The van der Waals surface area contributed by atoms with Crippen LogP contribution in [0.25, 0.3) is 11.5 Å². The van der Waals surface area contributed by atoms with E-state index in [0.29, 0.717) is 17.4 Å². The number of H-pyrrole nitrogens is 1. The van der Waals surface area contributed by atoms with Crippen LogP contribution in [-0.4, -0.2) is 34.1 Å². The average Bonchev–Trinajstić information content (AvgIpc) is 2.94. The molecular weight excluding hydrogens is 242 g/mol. The summed E-state index contributed by atoms with van der Waals surface area (Å²) in [5.41, 5.74) is 1.15. The van der Waals surface area contributed by atoms with Gasteiger partial charge < -0.3 is 9.32 Å². The van der Waals surface area contributed by atoms with Gasteiger partial charge in [-0.25, -0.2) is 0 Å². The highest BCUT2D eigenvalue weighted by atomic mass is 16.3. The fraction of sp³-hybridized carbons (Fsp3) is 0.429. The molecule has 0 aromatic carbocycles. The molecule has 1 fully saturated rings. The first-order valence-electron chi connectivity index (χ1n) is 6.53. The lowest BCUT2D eigenvalue weighted by atomic mass is 10.2. The molecule has 0 unspecified atom stereocenters. The standard InChI is InChI=1S/C14H17N3O2/c1-9(10-5-6-10)17(2)14(18)12-8-11(15-16-12)13-4-3-7-19-13/h3-4,7-10H,5-6H2,1-2H3,(H,15,16)/t9-/m1/s1. The van der Waals surface area contributed by atoms with Crippen molar-refractivity contribution in [2.75, 3.05) is 7.05 Å². The highest BCUT2D eigenvalue weighted by Crippen LogP contribution is 2.35. The second kappa shape index (κ2) is 4.57. The van der Waals surface area contributed by atoms with Crippen LogP contribution in [0.4, 0.5) is 0 Å². The Kier molecular flexibility index (Phi) is 2.89. The number of carbonyl (C=O) groups is 1. The van der Waals surface area contributed by atoms with Crippen LogP contribution < -0.4 is 0 Å². The summed E-state index contributed by atoms with van der Waals surface area (Å²) in [5, 5.41) is 6.92. The van der Waals surface area contributed by atoms with Crippen LogP contribution >= 0.6 is 0 Å². The Morgan fingerprint density at radius 1 is 1.58 bits per heavy atom. The number of amides is 1. The average molecular weight is 259 g/mol. The van der Waals surface area contributed by atoms with Gasteiger partial charge in [-0.1, -0.05) is 0 Å². The van der Waals surface area contributed by atoms with Crippen molar-refractivity contribution in [2.45, 2.75) is 25.8 Å². The summed E-state index contributed by atoms with van der Waals surface area (Å²) in [5.74, 6) is 1.29. The van der Waals surface area contributed by atoms with E-state index in [1.165, 1.54) is 12.8 Å². The summed E-state index contributed by atoms with van der Waals surface area (Å²) in [4.78, 5) is 14.1. The van der Waals surface area contributed by atoms with E-state index in [1.54, 1.807) is 23.3 Å². The van der Waals surface area contributed by atoms with Gasteiger partial charge in [0.25, 0.3) is 5.91 Å². The number of rotatable bonds is 4. The van der Waals surface area contributed by atoms with Gasteiger partial charge in [0.15, 0.2) is 11.5 Å². The van der Waals surface area contributed by atoms with Crippen LogP contribution in [-0.2, 0) is 0 Å². The molecule has 1 aliphatic carbocycles. The lowest BCUT2D eigenvalue weighted by Gasteiger charge is -2.23. The number of aromatic nitrogens is 2. The summed E-state index contributed by atoms with van der Waals surface area (Å²) in [6.45, 7) is 2.09. The van der Waals surface area contributed by atoms with Crippen LogP contribution in [0.1, 0.15) is 30.3 Å². The zero-order valence-electron chi connectivity index (χ0n) is 11.1. The molecule has 1 atom stereocenters. The number of nitrogens with zero attached hydrogens (tertiary/aromatic N) is 2. The molecule has 2 aromatic heterocycles. The summed E-state index contributed by atoms with van der Waals surface area (Å²) in [6, 6.07) is 5.64. The van der Waals surface area contributed by atoms with E-state index in [0.717, 1.165) is 5.69 Å². The second-order valence-electron chi connectivity index (χ2n) is 5.14. The lowest BCUT2D eigenvalue weighted by molar-refractivity contribution is 0.0721. The van der Waals surface area contributed by atoms with Gasteiger partial charge in [-0.3, -0.25) is 9.89 Å². The molecule has 0 aliphatic heterocycles. The molecule has 0 radical (unpaired) electrons. The minimum Gasteiger partial charge on any atom is -0.463 e. The Morgan fingerprint density at radius 3 is 3.00 bits per heavy atom. The zero-order chi connectivity index (χ0) is 13.4. The molecule has 1 N–H and O–H groups in total. The van der Waals surface area contributed by atoms with Crippen molar-refractivity contribution in [1.29, 1.82) is 0 Å². The molecule has 2 heterocycles. The van der Waals surface area contributed by atoms with Crippen LogP contribution in [0.3, 0.4) is 0 Å². The third kappa shape index (κ3) is 2.28. The molecule has 1 amide bonds. The fourth-order valence-electron chi connectivity index (χ4n) is 2.25. The van der Waals surface area contributed by atoms with Crippen LogP contribution in [0.15, 0.2) is 28.9 Å². The van der Waals surface area contributed by atoms with Gasteiger partial charge in [-0.05, 0) is 37.8 Å². The van der Waals surface area contributed by atoms with E-state index in [4.69, 9.17) is 4.42 Å². The summed E-state index contributed by atoms with van der Waals surface area (Å²) in [7, 11) is 1.84. The summed E-state index contributed by atoms with van der Waals surface area (Å²) in [6.07, 6.45) is 4.03. The number of aromatic amines is 1. The Morgan fingerprint density at radius 2 is 2.37 bits per heavy atom. The predicted molar refractivity (Wildman–Crippen MR) is 70.6 cm³/mol. The normalized spacial score (nSPS) is 16.3. The molecule has 1 aliphatic rings. The smallest absolute Gasteiger partial charge is 0.274 e. The highest BCUT2D eigenvalue weighted by Gasteiger charge is 2.33. The van der Waals surface area contributed by atoms with Crippen LogP contribution in [0.2, 0.25) is 0 Å². The van der Waals surface area contributed by atoms with Gasteiger partial charge in [-0.15, -0.1) is 0 Å². The zero-order valence-corrected chi connectivity index (χ0v) is 11.1. The molecule has 0 saturated heterocycles. The topological polar surface area (TPSA) is 62.1 Å². The van der Waals surface area contributed by atoms with Gasteiger partial charge >= 0.3 is 0 Å². The lowest BCUT2D eigenvalue weighted by Crippen LogP contribution is -2.36. The maximum atomic E-state index is 12.3. The summed E-state index contributed by atoms with van der Waals surface area (Å²) >= 11 is 0. The minimum atomic E-state index is -0.0477. The Hall–Kier alpha value is -2.04. The first-order valence-corrected chi connectivity index (χ1v) is 6.53. The van der Waals surface area contributed by atoms with Crippen LogP contribution in [0.5, 0.6) is 0 Å². The quantitative estimate of drug-likeness (QED) is 0.917. The van der Waals surface area contributed by atoms with Crippen molar-refractivity contribution >= 4 is 5.91 Å². The molecular formula is C14H17N3O2. The molecule has 19 heavy (non-hydrogen) atoms. The predicted octanol–water partition coefficient (Wildman–Crippen LogP) is 2.54. The van der Waals surface area contributed by atoms with Gasteiger partial charge in [0.1, 0.15) is 5.69 Å². The molecule has 5 nitrogen and oxygen atoms in total. The molecule has 1 saturated carbocycles. The SMILES string of the molecule is C[C@H](C1CC1)N(C)C(=O)c1cc(-c2ccco2)[nH]n1. The Labute approximate surface area is 111 Å². The third-order valence-corrected chi connectivity index (χ3v) is 3.82. The monoisotopic (exact) mass is 259 g/mol. The molecule has 0 spiro atoms. The number of furan rings is 1. The highest BCUT2D eigenvalue weighted by molar-refractivity contribution is 5.93. The van der Waals surface area contributed by atoms with E-state index in [-0.39, 0.29) is 11.9 Å². The molecule has 5 heteroatoms. The van der Waals surface area contributed by atoms with E-state index in [9.17, 15) is 4.79 Å².